The number of nitrogens with one attached hydrogen (secondary N) is 2. The zero-order valence-corrected chi connectivity index (χ0v) is 22.4. The van der Waals surface area contributed by atoms with Crippen molar-refractivity contribution in [2.45, 2.75) is 50.7 Å². The van der Waals surface area contributed by atoms with Gasteiger partial charge < -0.3 is 15.5 Å². The van der Waals surface area contributed by atoms with Gasteiger partial charge in [-0.3, -0.25) is 14.6 Å². The van der Waals surface area contributed by atoms with Gasteiger partial charge in [0.25, 0.3) is 11.8 Å². The molecule has 0 bridgehead atoms. The number of halogens is 3. The number of hydrogen-bond acceptors (Lipinski definition) is 4. The number of amides is 2. The maximum atomic E-state index is 14.2. The van der Waals surface area contributed by atoms with E-state index in [0.29, 0.717) is 23.4 Å². The minimum absolute atomic E-state index is 0.0991. The number of aromatic nitrogens is 1. The Morgan fingerprint density at radius 3 is 2.48 bits per heavy atom. The molecule has 1 aliphatic heterocycles. The highest BCUT2D eigenvalue weighted by Crippen LogP contribution is 2.50. The Labute approximate surface area is 232 Å². The first-order valence-electron chi connectivity index (χ1n) is 13.8. The molecular formula is C31H33F3N4O2. The first kappa shape index (κ1) is 27.8. The molecule has 40 heavy (non-hydrogen) atoms. The molecule has 210 valence electrons. The first-order chi connectivity index (χ1) is 19.3. The summed E-state index contributed by atoms with van der Waals surface area (Å²) in [5.41, 5.74) is 4.25. The summed E-state index contributed by atoms with van der Waals surface area (Å²) in [6.45, 7) is 2.98. The maximum absolute atomic E-state index is 14.2. The van der Waals surface area contributed by atoms with Gasteiger partial charge in [0.2, 0.25) is 0 Å². The summed E-state index contributed by atoms with van der Waals surface area (Å²) in [4.78, 5) is 33.9. The molecule has 2 heterocycles. The average Bonchev–Trinajstić information content (AvgIpc) is 3.30. The van der Waals surface area contributed by atoms with E-state index in [2.05, 4.69) is 17.2 Å². The van der Waals surface area contributed by atoms with Crippen LogP contribution in [0.3, 0.4) is 0 Å². The lowest BCUT2D eigenvalue weighted by molar-refractivity contribution is -0.123. The van der Waals surface area contributed by atoms with Crippen molar-refractivity contribution in [3.63, 3.8) is 0 Å². The van der Waals surface area contributed by atoms with Crippen LogP contribution in [0.25, 0.3) is 11.1 Å². The van der Waals surface area contributed by atoms with Gasteiger partial charge >= 0.3 is 6.18 Å². The highest BCUT2D eigenvalue weighted by molar-refractivity contribution is 6.01. The van der Waals surface area contributed by atoms with Crippen LogP contribution in [0, 0.1) is 0 Å². The van der Waals surface area contributed by atoms with Crippen LogP contribution in [0.2, 0.25) is 0 Å². The second-order valence-corrected chi connectivity index (χ2v) is 10.4. The van der Waals surface area contributed by atoms with Gasteiger partial charge in [0.05, 0.1) is 0 Å². The monoisotopic (exact) mass is 550 g/mol. The third-order valence-electron chi connectivity index (χ3n) is 7.77. The van der Waals surface area contributed by atoms with Gasteiger partial charge in [-0.15, -0.1) is 0 Å². The molecule has 3 aromatic rings. The van der Waals surface area contributed by atoms with E-state index < -0.39 is 24.5 Å². The van der Waals surface area contributed by atoms with Crippen molar-refractivity contribution in [3.8, 4) is 11.1 Å². The number of hydrogen-bond donors (Lipinski definition) is 2. The summed E-state index contributed by atoms with van der Waals surface area (Å²) < 4.78 is 38.9. The third kappa shape index (κ3) is 5.61. The van der Waals surface area contributed by atoms with Gasteiger partial charge in [-0.05, 0) is 72.3 Å². The molecule has 1 unspecified atom stereocenters. The zero-order valence-electron chi connectivity index (χ0n) is 22.4. The van der Waals surface area contributed by atoms with E-state index >= 15 is 0 Å². The summed E-state index contributed by atoms with van der Waals surface area (Å²) in [5.74, 6) is -1.49. The normalized spacial score (nSPS) is 16.8. The molecule has 2 aromatic carbocycles. The van der Waals surface area contributed by atoms with Crippen LogP contribution in [0.1, 0.15) is 76.1 Å². The molecule has 1 saturated heterocycles. The third-order valence-corrected chi connectivity index (χ3v) is 7.77. The molecule has 1 aliphatic carbocycles. The average molecular weight is 551 g/mol. The highest BCUT2D eigenvalue weighted by Gasteiger charge is 2.38. The fourth-order valence-corrected chi connectivity index (χ4v) is 5.92. The fraction of sp³-hybridized carbons (Fsp3) is 0.387. The Morgan fingerprint density at radius 1 is 1.00 bits per heavy atom. The molecule has 1 fully saturated rings. The summed E-state index contributed by atoms with van der Waals surface area (Å²) in [7, 11) is 0. The number of rotatable bonds is 8. The van der Waals surface area contributed by atoms with Gasteiger partial charge in [0.1, 0.15) is 12.2 Å². The minimum Gasteiger partial charge on any atom is -0.343 e. The topological polar surface area (TPSA) is 74.3 Å². The molecule has 2 aliphatic rings. The molecule has 9 heteroatoms. The summed E-state index contributed by atoms with van der Waals surface area (Å²) >= 11 is 0. The smallest absolute Gasteiger partial charge is 0.343 e. The van der Waals surface area contributed by atoms with Gasteiger partial charge in [-0.25, -0.2) is 0 Å². The molecule has 1 aromatic heterocycles. The SMILES string of the molecule is CCCCN(C(=O)c1ncccc1C1c2ccccc2-c2cccc(C(=O)NCC(F)(F)F)c21)C1CCNCC1. The van der Waals surface area contributed by atoms with E-state index in [9.17, 15) is 22.8 Å². The quantitative estimate of drug-likeness (QED) is 0.303. The summed E-state index contributed by atoms with van der Waals surface area (Å²) in [5, 5.41) is 5.39. The van der Waals surface area contributed by atoms with Gasteiger partial charge in [-0.2, -0.15) is 13.2 Å². The van der Waals surface area contributed by atoms with Crippen LogP contribution in [-0.4, -0.2) is 60.1 Å². The Hall–Kier alpha value is -3.72. The van der Waals surface area contributed by atoms with Crippen LogP contribution >= 0.6 is 0 Å². The Balaban J connectivity index is 1.61. The van der Waals surface area contributed by atoms with E-state index in [-0.39, 0.29) is 17.5 Å². The molecule has 0 spiro atoms. The number of alkyl halides is 3. The van der Waals surface area contributed by atoms with Gasteiger partial charge in [0.15, 0.2) is 0 Å². The lowest BCUT2D eigenvalue weighted by Crippen LogP contribution is -2.47. The number of unbranched alkanes of at least 4 members (excludes halogenated alkanes) is 1. The molecule has 2 amide bonds. The van der Waals surface area contributed by atoms with Crippen molar-refractivity contribution in [1.29, 1.82) is 0 Å². The largest absolute Gasteiger partial charge is 0.405 e. The Morgan fingerprint density at radius 2 is 1.73 bits per heavy atom. The molecule has 2 N–H and O–H groups in total. The van der Waals surface area contributed by atoms with Crippen molar-refractivity contribution >= 4 is 11.8 Å². The van der Waals surface area contributed by atoms with Crippen molar-refractivity contribution in [1.82, 2.24) is 20.5 Å². The molecule has 6 nitrogen and oxygen atoms in total. The number of carbonyl (C=O) groups excluding carboxylic acids is 2. The fourth-order valence-electron chi connectivity index (χ4n) is 5.92. The lowest BCUT2D eigenvalue weighted by Gasteiger charge is -2.35. The van der Waals surface area contributed by atoms with Gasteiger partial charge in [0, 0.05) is 30.3 Å². The van der Waals surface area contributed by atoms with Crippen molar-refractivity contribution in [2.75, 3.05) is 26.2 Å². The van der Waals surface area contributed by atoms with Gasteiger partial charge in [-0.1, -0.05) is 55.8 Å². The predicted molar refractivity (Wildman–Crippen MR) is 147 cm³/mol. The maximum Gasteiger partial charge on any atom is 0.405 e. The minimum atomic E-state index is -4.53. The Bertz CT molecular complexity index is 1380. The van der Waals surface area contributed by atoms with E-state index in [1.807, 2.05) is 46.6 Å². The van der Waals surface area contributed by atoms with E-state index in [1.54, 1.807) is 24.4 Å². The van der Waals surface area contributed by atoms with Crippen LogP contribution in [0.4, 0.5) is 13.2 Å². The number of carbonyl (C=O) groups is 2. The molecule has 0 saturated carbocycles. The van der Waals surface area contributed by atoms with Crippen LogP contribution < -0.4 is 10.6 Å². The molecular weight excluding hydrogens is 517 g/mol. The number of pyridine rings is 1. The van der Waals surface area contributed by atoms with Crippen LogP contribution in [0.5, 0.6) is 0 Å². The Kier molecular flexibility index (Phi) is 8.21. The van der Waals surface area contributed by atoms with E-state index in [1.165, 1.54) is 0 Å². The highest BCUT2D eigenvalue weighted by atomic mass is 19.4. The first-order valence-corrected chi connectivity index (χ1v) is 13.8. The molecule has 5 rings (SSSR count). The lowest BCUT2D eigenvalue weighted by atomic mass is 9.85. The number of piperidine rings is 1. The van der Waals surface area contributed by atoms with Crippen molar-refractivity contribution in [3.05, 3.63) is 88.7 Å². The van der Waals surface area contributed by atoms with Crippen molar-refractivity contribution in [2.24, 2.45) is 0 Å². The van der Waals surface area contributed by atoms with Crippen molar-refractivity contribution < 1.29 is 22.8 Å². The summed E-state index contributed by atoms with van der Waals surface area (Å²) in [6, 6.07) is 16.5. The number of nitrogens with zero attached hydrogens (tertiary/aromatic N) is 2. The van der Waals surface area contributed by atoms with E-state index in [0.717, 1.165) is 55.5 Å². The predicted octanol–water partition coefficient (Wildman–Crippen LogP) is 5.53. The molecule has 0 radical (unpaired) electrons. The number of fused-ring (bicyclic) bond motifs is 3. The van der Waals surface area contributed by atoms with E-state index in [4.69, 9.17) is 0 Å². The summed E-state index contributed by atoms with van der Waals surface area (Å²) in [6.07, 6.45) is 0.600. The number of benzene rings is 2. The standard InChI is InChI=1S/C31H33F3N4O2/c1-2-3-18-38(20-13-16-35-17-14-20)30(40)28-24(12-7-15-36-28)26-22-9-5-4-8-21(22)23-10-6-11-25(27(23)26)29(39)37-19-31(32,33)34/h4-12,15,20,26,35H,2-3,13-14,16-19H2,1H3,(H,37,39). The van der Waals surface area contributed by atoms with Crippen LogP contribution in [0.15, 0.2) is 60.8 Å². The van der Waals surface area contributed by atoms with Crippen LogP contribution in [-0.2, 0) is 0 Å². The second kappa shape index (κ2) is 11.8. The molecule has 1 atom stereocenters. The zero-order chi connectivity index (χ0) is 28.3. The second-order valence-electron chi connectivity index (χ2n) is 10.4.